The van der Waals surface area contributed by atoms with Gasteiger partial charge in [-0.1, -0.05) is 101 Å². The highest BCUT2D eigenvalue weighted by molar-refractivity contribution is 5.64. The summed E-state index contributed by atoms with van der Waals surface area (Å²) in [7, 11) is 0. The molecule has 2 aromatic carbocycles. The average Bonchev–Trinajstić information content (AvgIpc) is 2.89. The Morgan fingerprint density at radius 2 is 1.18 bits per heavy atom. The maximum absolute atomic E-state index is 6.24. The molecule has 0 amide bonds. The molecule has 0 spiro atoms. The number of benzene rings is 2. The number of unbranched alkanes of at least 4 members (excludes halogenated alkanes) is 3. The summed E-state index contributed by atoms with van der Waals surface area (Å²) in [6.07, 6.45) is 18.0. The van der Waals surface area contributed by atoms with Crippen molar-refractivity contribution in [3.05, 3.63) is 59.7 Å². The zero-order valence-electron chi connectivity index (χ0n) is 21.2. The van der Waals surface area contributed by atoms with E-state index in [2.05, 4.69) is 62.4 Å². The molecule has 2 atom stereocenters. The third kappa shape index (κ3) is 6.95. The summed E-state index contributed by atoms with van der Waals surface area (Å²) in [6.45, 7) is 5.53. The fraction of sp³-hybridized carbons (Fsp3) is 0.625. The molecule has 0 bridgehead atoms. The van der Waals surface area contributed by atoms with E-state index in [4.69, 9.17) is 4.74 Å². The Hall–Kier alpha value is -1.60. The second-order valence-electron chi connectivity index (χ2n) is 10.9. The van der Waals surface area contributed by atoms with Gasteiger partial charge >= 0.3 is 0 Å². The summed E-state index contributed by atoms with van der Waals surface area (Å²) in [5, 5.41) is 0. The molecular weight excluding hydrogens is 400 g/mol. The van der Waals surface area contributed by atoms with E-state index in [0.29, 0.717) is 0 Å². The topological polar surface area (TPSA) is 9.23 Å². The number of hydrogen-bond donors (Lipinski definition) is 0. The zero-order chi connectivity index (χ0) is 22.9. The van der Waals surface area contributed by atoms with Gasteiger partial charge in [-0.25, -0.2) is 0 Å². The normalized spacial score (nSPS) is 25.8. The quantitative estimate of drug-likeness (QED) is 0.330. The van der Waals surface area contributed by atoms with Crippen molar-refractivity contribution in [3.8, 4) is 11.1 Å². The number of hydrogen-bond acceptors (Lipinski definition) is 1. The predicted octanol–water partition coefficient (Wildman–Crippen LogP) is 9.87. The van der Waals surface area contributed by atoms with Crippen LogP contribution in [-0.2, 0) is 4.74 Å². The summed E-state index contributed by atoms with van der Waals surface area (Å²) in [5.41, 5.74) is 5.56. The first-order valence-electron chi connectivity index (χ1n) is 14.1. The van der Waals surface area contributed by atoms with Gasteiger partial charge in [-0.2, -0.15) is 0 Å². The molecule has 1 heteroatoms. The molecule has 1 nitrogen and oxygen atoms in total. The molecule has 2 aromatic rings. The van der Waals surface area contributed by atoms with Crippen molar-refractivity contribution in [1.82, 2.24) is 0 Å². The Balaban J connectivity index is 1.27. The highest BCUT2D eigenvalue weighted by Gasteiger charge is 2.23. The lowest BCUT2D eigenvalue weighted by Crippen LogP contribution is -2.20. The van der Waals surface area contributed by atoms with Gasteiger partial charge in [0.2, 0.25) is 0 Å². The lowest BCUT2D eigenvalue weighted by Gasteiger charge is -2.29. The molecule has 0 radical (unpaired) electrons. The van der Waals surface area contributed by atoms with Crippen LogP contribution >= 0.6 is 0 Å². The minimum atomic E-state index is 0.288. The Kier molecular flexibility index (Phi) is 9.47. The lowest BCUT2D eigenvalue weighted by molar-refractivity contribution is -0.0197. The standard InChI is InChI=1S/C32H46O/c1-3-5-7-9-25-10-13-27(14-11-25)28-15-17-29(18-16-28)30-19-21-31(22-20-30)32-23-12-26(24-33-32)8-6-4-2/h15-22,25-27,32H,3-14,23-24H2,1-2H3/t25-,26?,27-,32?. The van der Waals surface area contributed by atoms with E-state index in [1.807, 2.05) is 0 Å². The van der Waals surface area contributed by atoms with Gasteiger partial charge in [0.05, 0.1) is 12.7 Å². The predicted molar refractivity (Wildman–Crippen MR) is 142 cm³/mol. The first-order valence-corrected chi connectivity index (χ1v) is 14.1. The van der Waals surface area contributed by atoms with E-state index in [1.54, 1.807) is 5.56 Å². The van der Waals surface area contributed by atoms with Gasteiger partial charge in [0.25, 0.3) is 0 Å². The van der Waals surface area contributed by atoms with Crippen LogP contribution in [0.25, 0.3) is 11.1 Å². The second kappa shape index (κ2) is 12.7. The van der Waals surface area contributed by atoms with Crippen molar-refractivity contribution in [2.75, 3.05) is 6.61 Å². The third-order valence-corrected chi connectivity index (χ3v) is 8.40. The van der Waals surface area contributed by atoms with Crippen molar-refractivity contribution in [2.45, 2.75) is 109 Å². The molecule has 2 unspecified atom stereocenters. The minimum absolute atomic E-state index is 0.288. The summed E-state index contributed by atoms with van der Waals surface area (Å²) in [6, 6.07) is 18.6. The summed E-state index contributed by atoms with van der Waals surface area (Å²) >= 11 is 0. The van der Waals surface area contributed by atoms with Gasteiger partial charge in [0, 0.05) is 0 Å². The van der Waals surface area contributed by atoms with Crippen molar-refractivity contribution in [1.29, 1.82) is 0 Å². The molecule has 1 aliphatic carbocycles. The molecule has 1 saturated heterocycles. The maximum Gasteiger partial charge on any atom is 0.0825 e. The molecule has 0 aromatic heterocycles. The first kappa shape index (κ1) is 24.5. The van der Waals surface area contributed by atoms with E-state index < -0.39 is 0 Å². The van der Waals surface area contributed by atoms with E-state index >= 15 is 0 Å². The van der Waals surface area contributed by atoms with Gasteiger partial charge in [-0.05, 0) is 85.0 Å². The fourth-order valence-electron chi connectivity index (χ4n) is 6.09. The molecule has 1 aliphatic heterocycles. The van der Waals surface area contributed by atoms with Crippen LogP contribution in [-0.4, -0.2) is 6.61 Å². The van der Waals surface area contributed by atoms with E-state index in [-0.39, 0.29) is 6.10 Å². The Morgan fingerprint density at radius 1 is 0.606 bits per heavy atom. The van der Waals surface area contributed by atoms with Crippen LogP contribution in [0, 0.1) is 11.8 Å². The Bertz CT molecular complexity index is 789. The molecule has 4 rings (SSSR count). The largest absolute Gasteiger partial charge is 0.373 e. The van der Waals surface area contributed by atoms with Crippen LogP contribution < -0.4 is 0 Å². The minimum Gasteiger partial charge on any atom is -0.373 e. The van der Waals surface area contributed by atoms with E-state index in [1.165, 1.54) is 100 Å². The van der Waals surface area contributed by atoms with Crippen LogP contribution in [0.3, 0.4) is 0 Å². The number of rotatable bonds is 10. The lowest BCUT2D eigenvalue weighted by atomic mass is 9.77. The summed E-state index contributed by atoms with van der Waals surface area (Å²) in [4.78, 5) is 0. The fourth-order valence-corrected chi connectivity index (χ4v) is 6.09. The highest BCUT2D eigenvalue weighted by Crippen LogP contribution is 2.38. The summed E-state index contributed by atoms with van der Waals surface area (Å²) < 4.78 is 6.24. The van der Waals surface area contributed by atoms with Crippen molar-refractivity contribution in [3.63, 3.8) is 0 Å². The van der Waals surface area contributed by atoms with Crippen LogP contribution in [0.15, 0.2) is 48.5 Å². The average molecular weight is 447 g/mol. The smallest absolute Gasteiger partial charge is 0.0825 e. The second-order valence-corrected chi connectivity index (χ2v) is 10.9. The molecule has 2 aliphatic rings. The third-order valence-electron chi connectivity index (χ3n) is 8.40. The van der Waals surface area contributed by atoms with Crippen LogP contribution in [0.4, 0.5) is 0 Å². The van der Waals surface area contributed by atoms with Crippen molar-refractivity contribution < 1.29 is 4.74 Å². The van der Waals surface area contributed by atoms with Crippen LogP contribution in [0.5, 0.6) is 0 Å². The Labute approximate surface area is 203 Å². The van der Waals surface area contributed by atoms with E-state index in [0.717, 1.165) is 24.4 Å². The van der Waals surface area contributed by atoms with Gasteiger partial charge in [0.1, 0.15) is 0 Å². The SMILES string of the molecule is CCCCC[C@H]1CC[C@H](c2ccc(-c3ccc(C4CCC(CCCC)CO4)cc3)cc2)CC1. The van der Waals surface area contributed by atoms with Crippen molar-refractivity contribution in [2.24, 2.45) is 11.8 Å². The zero-order valence-corrected chi connectivity index (χ0v) is 21.2. The highest BCUT2D eigenvalue weighted by atomic mass is 16.5. The van der Waals surface area contributed by atoms with Gasteiger partial charge in [-0.3, -0.25) is 0 Å². The van der Waals surface area contributed by atoms with Crippen LogP contribution in [0.2, 0.25) is 0 Å². The molecule has 1 saturated carbocycles. The molecule has 33 heavy (non-hydrogen) atoms. The first-order chi connectivity index (χ1) is 16.3. The van der Waals surface area contributed by atoms with Gasteiger partial charge in [-0.15, -0.1) is 0 Å². The van der Waals surface area contributed by atoms with E-state index in [9.17, 15) is 0 Å². The van der Waals surface area contributed by atoms with Gasteiger partial charge in [0.15, 0.2) is 0 Å². The monoisotopic (exact) mass is 446 g/mol. The summed E-state index contributed by atoms with van der Waals surface area (Å²) in [5.74, 6) is 2.53. The maximum atomic E-state index is 6.24. The van der Waals surface area contributed by atoms with Crippen LogP contribution in [0.1, 0.15) is 120 Å². The molecule has 0 N–H and O–H groups in total. The van der Waals surface area contributed by atoms with Gasteiger partial charge < -0.3 is 4.74 Å². The molecule has 2 fully saturated rings. The molecular formula is C32H46O. The molecule has 1 heterocycles. The number of ether oxygens (including phenoxy) is 1. The molecule has 180 valence electrons. The Morgan fingerprint density at radius 3 is 1.76 bits per heavy atom. The van der Waals surface area contributed by atoms with Crippen molar-refractivity contribution >= 4 is 0 Å².